The van der Waals surface area contributed by atoms with Gasteiger partial charge in [-0.15, -0.1) is 0 Å². The van der Waals surface area contributed by atoms with Crippen LogP contribution in [0.5, 0.6) is 0 Å². The fourth-order valence-corrected chi connectivity index (χ4v) is 3.05. The predicted molar refractivity (Wildman–Crippen MR) is 88.6 cm³/mol. The lowest BCUT2D eigenvalue weighted by Crippen LogP contribution is -2.52. The molecule has 0 saturated carbocycles. The molecular weight excluding hydrogens is 292 g/mol. The number of amides is 2. The van der Waals surface area contributed by atoms with Gasteiger partial charge in [-0.1, -0.05) is 38.1 Å². The molecule has 0 fully saturated rings. The van der Waals surface area contributed by atoms with Crippen molar-refractivity contribution in [3.8, 4) is 0 Å². The van der Waals surface area contributed by atoms with Crippen molar-refractivity contribution in [2.24, 2.45) is 5.92 Å². The van der Waals surface area contributed by atoms with Crippen LogP contribution in [0.15, 0.2) is 24.3 Å². The van der Waals surface area contributed by atoms with E-state index in [1.54, 1.807) is 4.90 Å². The highest BCUT2D eigenvalue weighted by molar-refractivity contribution is 5.87. The topological polar surface area (TPSA) is 69.6 Å². The van der Waals surface area contributed by atoms with Gasteiger partial charge in [0.1, 0.15) is 6.04 Å². The van der Waals surface area contributed by atoms with Crippen LogP contribution in [0, 0.1) is 5.92 Å². The maximum absolute atomic E-state index is 12.5. The van der Waals surface area contributed by atoms with Crippen LogP contribution in [0.2, 0.25) is 0 Å². The molecule has 23 heavy (non-hydrogen) atoms. The minimum atomic E-state index is -0.555. The van der Waals surface area contributed by atoms with E-state index >= 15 is 0 Å². The van der Waals surface area contributed by atoms with Crippen molar-refractivity contribution in [2.45, 2.75) is 52.3 Å². The van der Waals surface area contributed by atoms with Gasteiger partial charge in [-0.25, -0.2) is 0 Å². The number of benzene rings is 1. The molecule has 0 saturated heterocycles. The largest absolute Gasteiger partial charge is 0.391 e. The molecule has 5 nitrogen and oxygen atoms in total. The van der Waals surface area contributed by atoms with Crippen molar-refractivity contribution in [3.63, 3.8) is 0 Å². The Bertz CT molecular complexity index is 571. The monoisotopic (exact) mass is 318 g/mol. The number of aliphatic hydroxyl groups is 1. The third-order valence-corrected chi connectivity index (χ3v) is 4.21. The fourth-order valence-electron chi connectivity index (χ4n) is 3.05. The van der Waals surface area contributed by atoms with Crippen LogP contribution in [0.3, 0.4) is 0 Å². The summed E-state index contributed by atoms with van der Waals surface area (Å²) in [4.78, 5) is 26.0. The van der Waals surface area contributed by atoms with E-state index in [0.717, 1.165) is 11.1 Å². The first-order chi connectivity index (χ1) is 10.9. The Hall–Kier alpha value is -1.88. The molecule has 126 valence electrons. The molecule has 0 aromatic heterocycles. The number of rotatable bonds is 5. The fraction of sp³-hybridized carbons (Fsp3) is 0.556. The summed E-state index contributed by atoms with van der Waals surface area (Å²) in [5.74, 6) is 0.0667. The van der Waals surface area contributed by atoms with Gasteiger partial charge >= 0.3 is 0 Å². The molecule has 0 radical (unpaired) electrons. The average Bonchev–Trinajstić information content (AvgIpc) is 2.50. The summed E-state index contributed by atoms with van der Waals surface area (Å²) < 4.78 is 0. The molecule has 2 atom stereocenters. The maximum atomic E-state index is 12.5. The second-order valence-corrected chi connectivity index (χ2v) is 6.66. The quantitative estimate of drug-likeness (QED) is 0.864. The van der Waals surface area contributed by atoms with Gasteiger partial charge in [0, 0.05) is 26.4 Å². The summed E-state index contributed by atoms with van der Waals surface area (Å²) in [7, 11) is 0. The highest BCUT2D eigenvalue weighted by atomic mass is 16.3. The number of hydrogen-bond acceptors (Lipinski definition) is 3. The molecular formula is C18H26N2O3. The lowest BCUT2D eigenvalue weighted by Gasteiger charge is -2.35. The third kappa shape index (κ3) is 4.55. The summed E-state index contributed by atoms with van der Waals surface area (Å²) in [5.41, 5.74) is 2.19. The first-order valence-corrected chi connectivity index (χ1v) is 8.18. The van der Waals surface area contributed by atoms with Gasteiger partial charge < -0.3 is 15.3 Å². The highest BCUT2D eigenvalue weighted by Crippen LogP contribution is 2.23. The lowest BCUT2D eigenvalue weighted by molar-refractivity contribution is -0.140. The smallest absolute Gasteiger partial charge is 0.243 e. The van der Waals surface area contributed by atoms with Crippen molar-refractivity contribution in [1.82, 2.24) is 10.2 Å². The summed E-state index contributed by atoms with van der Waals surface area (Å²) in [6.45, 7) is 6.22. The first kappa shape index (κ1) is 17.5. The average molecular weight is 318 g/mol. The Kier molecular flexibility index (Phi) is 5.77. The number of nitrogens with zero attached hydrogens (tertiary/aromatic N) is 1. The molecule has 0 aliphatic carbocycles. The van der Waals surface area contributed by atoms with E-state index in [-0.39, 0.29) is 18.4 Å². The zero-order valence-electron chi connectivity index (χ0n) is 14.1. The Morgan fingerprint density at radius 3 is 2.57 bits per heavy atom. The van der Waals surface area contributed by atoms with Crippen LogP contribution in [-0.4, -0.2) is 40.5 Å². The van der Waals surface area contributed by atoms with Gasteiger partial charge in [0.05, 0.1) is 6.10 Å². The first-order valence-electron chi connectivity index (χ1n) is 8.18. The molecule has 2 unspecified atom stereocenters. The molecule has 1 aliphatic heterocycles. The van der Waals surface area contributed by atoms with Gasteiger partial charge in [0.25, 0.3) is 0 Å². The van der Waals surface area contributed by atoms with Crippen molar-refractivity contribution in [3.05, 3.63) is 35.4 Å². The summed E-state index contributed by atoms with van der Waals surface area (Å²) in [5, 5.41) is 12.7. The zero-order chi connectivity index (χ0) is 17.0. The van der Waals surface area contributed by atoms with Crippen LogP contribution in [-0.2, 0) is 22.6 Å². The number of carbonyl (C=O) groups excluding carboxylic acids is 2. The number of nitrogens with one attached hydrogen (secondary N) is 1. The molecule has 1 aromatic rings. The summed E-state index contributed by atoms with van der Waals surface area (Å²) >= 11 is 0. The van der Waals surface area contributed by atoms with Gasteiger partial charge in [-0.05, 0) is 23.5 Å². The Morgan fingerprint density at radius 2 is 1.96 bits per heavy atom. The summed E-state index contributed by atoms with van der Waals surface area (Å²) in [6, 6.07) is 7.38. The summed E-state index contributed by atoms with van der Waals surface area (Å²) in [6.07, 6.45) is 0.604. The molecule has 1 aliphatic rings. The second kappa shape index (κ2) is 7.59. The van der Waals surface area contributed by atoms with Crippen LogP contribution < -0.4 is 5.32 Å². The number of fused-ring (bicyclic) bond motifs is 1. The van der Waals surface area contributed by atoms with E-state index in [0.29, 0.717) is 25.3 Å². The normalized spacial score (nSPS) is 18.5. The van der Waals surface area contributed by atoms with E-state index in [1.165, 1.54) is 6.92 Å². The molecule has 2 rings (SSSR count). The van der Waals surface area contributed by atoms with Crippen LogP contribution >= 0.6 is 0 Å². The molecule has 5 heteroatoms. The molecule has 0 spiro atoms. The Balaban J connectivity index is 2.04. The van der Waals surface area contributed by atoms with E-state index in [1.807, 2.05) is 38.1 Å². The molecule has 1 heterocycles. The van der Waals surface area contributed by atoms with Gasteiger partial charge in [-0.3, -0.25) is 9.59 Å². The highest BCUT2D eigenvalue weighted by Gasteiger charge is 2.33. The van der Waals surface area contributed by atoms with Gasteiger partial charge in [0.15, 0.2) is 0 Å². The van der Waals surface area contributed by atoms with E-state index in [2.05, 4.69) is 5.32 Å². The molecule has 0 bridgehead atoms. The van der Waals surface area contributed by atoms with Crippen LogP contribution in [0.1, 0.15) is 38.3 Å². The van der Waals surface area contributed by atoms with Gasteiger partial charge in [0.2, 0.25) is 11.8 Å². The van der Waals surface area contributed by atoms with Crippen molar-refractivity contribution < 1.29 is 14.7 Å². The third-order valence-electron chi connectivity index (χ3n) is 4.21. The number of hydrogen-bond donors (Lipinski definition) is 2. The maximum Gasteiger partial charge on any atom is 0.243 e. The van der Waals surface area contributed by atoms with E-state index in [9.17, 15) is 14.7 Å². The zero-order valence-corrected chi connectivity index (χ0v) is 14.1. The van der Waals surface area contributed by atoms with Gasteiger partial charge in [-0.2, -0.15) is 0 Å². The van der Waals surface area contributed by atoms with Crippen LogP contribution in [0.25, 0.3) is 0 Å². The Labute approximate surface area is 137 Å². The molecule has 2 amide bonds. The van der Waals surface area contributed by atoms with Crippen molar-refractivity contribution in [1.29, 1.82) is 0 Å². The lowest BCUT2D eigenvalue weighted by atomic mass is 9.93. The van der Waals surface area contributed by atoms with E-state index in [4.69, 9.17) is 0 Å². The van der Waals surface area contributed by atoms with E-state index < -0.39 is 12.1 Å². The van der Waals surface area contributed by atoms with Crippen LogP contribution in [0.4, 0.5) is 0 Å². The van der Waals surface area contributed by atoms with Crippen molar-refractivity contribution in [2.75, 3.05) is 6.54 Å². The van der Waals surface area contributed by atoms with Crippen molar-refractivity contribution >= 4 is 11.8 Å². The Morgan fingerprint density at radius 1 is 1.30 bits per heavy atom. The minimum Gasteiger partial charge on any atom is -0.391 e. The minimum absolute atomic E-state index is 0.109. The molecule has 1 aromatic carbocycles. The number of aliphatic hydroxyl groups excluding tert-OH is 1. The predicted octanol–water partition coefficient (Wildman–Crippen LogP) is 1.48. The molecule has 2 N–H and O–H groups in total. The SMILES string of the molecule is CC(=O)N1Cc2ccccc2CC1C(=O)NCC(O)CC(C)C. The standard InChI is InChI=1S/C18H26N2O3/c1-12(2)8-16(22)10-19-18(23)17-9-14-6-4-5-7-15(14)11-20(17)13(3)21/h4-7,12,16-17,22H,8-11H2,1-3H3,(H,19,23). The second-order valence-electron chi connectivity index (χ2n) is 6.66. The number of carbonyl (C=O) groups is 2.